The minimum atomic E-state index is 0.372. The van der Waals surface area contributed by atoms with Crippen LogP contribution in [0.1, 0.15) is 25.5 Å². The van der Waals surface area contributed by atoms with E-state index in [1.54, 1.807) is 23.4 Å². The average Bonchev–Trinajstić information content (AvgIpc) is 2.70. The van der Waals surface area contributed by atoms with Crippen LogP contribution in [0.3, 0.4) is 0 Å². The van der Waals surface area contributed by atoms with Crippen molar-refractivity contribution in [2.45, 2.75) is 19.8 Å². The first-order valence-electron chi connectivity index (χ1n) is 4.60. The van der Waals surface area contributed by atoms with Crippen molar-refractivity contribution in [1.29, 1.82) is 0 Å². The highest BCUT2D eigenvalue weighted by Crippen LogP contribution is 2.18. The maximum absolute atomic E-state index is 4.33. The Morgan fingerprint density at radius 1 is 1.14 bits per heavy atom. The first kappa shape index (κ1) is 8.87. The third kappa shape index (κ3) is 1.51. The molecule has 2 rings (SSSR count). The van der Waals surface area contributed by atoms with Crippen molar-refractivity contribution in [2.24, 2.45) is 0 Å². The van der Waals surface area contributed by atoms with Gasteiger partial charge in [-0.25, -0.2) is 0 Å². The van der Waals surface area contributed by atoms with E-state index in [4.69, 9.17) is 0 Å². The van der Waals surface area contributed by atoms with Gasteiger partial charge in [0.05, 0.1) is 18.1 Å². The molecule has 0 amide bonds. The minimum absolute atomic E-state index is 0.372. The topological polar surface area (TPSA) is 43.6 Å². The van der Waals surface area contributed by atoms with Crippen LogP contribution in [-0.2, 0) is 0 Å². The summed E-state index contributed by atoms with van der Waals surface area (Å²) in [6.07, 6.45) is 5.12. The summed E-state index contributed by atoms with van der Waals surface area (Å²) in [5.74, 6) is 0.372. The van der Waals surface area contributed by atoms with E-state index in [0.29, 0.717) is 5.92 Å². The second kappa shape index (κ2) is 3.57. The SMILES string of the molecule is CC(C)c1ncccc1-n1nccn1. The highest BCUT2D eigenvalue weighted by atomic mass is 15.5. The van der Waals surface area contributed by atoms with Crippen molar-refractivity contribution < 1.29 is 0 Å². The largest absolute Gasteiger partial charge is 0.259 e. The Morgan fingerprint density at radius 2 is 1.86 bits per heavy atom. The smallest absolute Gasteiger partial charge is 0.107 e. The molecule has 0 atom stereocenters. The summed E-state index contributed by atoms with van der Waals surface area (Å²) in [4.78, 5) is 5.93. The van der Waals surface area contributed by atoms with E-state index in [9.17, 15) is 0 Å². The molecule has 0 radical (unpaired) electrons. The Balaban J connectivity index is 2.53. The molecule has 0 aliphatic carbocycles. The fourth-order valence-electron chi connectivity index (χ4n) is 1.36. The zero-order valence-corrected chi connectivity index (χ0v) is 8.25. The molecule has 2 heterocycles. The van der Waals surface area contributed by atoms with Crippen LogP contribution >= 0.6 is 0 Å². The van der Waals surface area contributed by atoms with E-state index in [1.165, 1.54) is 0 Å². The predicted octanol–water partition coefficient (Wildman–Crippen LogP) is 1.79. The van der Waals surface area contributed by atoms with Crippen molar-refractivity contribution in [2.75, 3.05) is 0 Å². The molecule has 4 heteroatoms. The molecule has 0 aliphatic heterocycles. The molecular weight excluding hydrogens is 176 g/mol. The number of rotatable bonds is 2. The quantitative estimate of drug-likeness (QED) is 0.721. The Bertz CT molecular complexity index is 406. The average molecular weight is 188 g/mol. The minimum Gasteiger partial charge on any atom is -0.259 e. The molecule has 0 saturated heterocycles. The van der Waals surface area contributed by atoms with Crippen LogP contribution in [-0.4, -0.2) is 20.0 Å². The van der Waals surface area contributed by atoms with Crippen LogP contribution in [0, 0.1) is 0 Å². The lowest BCUT2D eigenvalue weighted by molar-refractivity contribution is 0.712. The van der Waals surface area contributed by atoms with E-state index >= 15 is 0 Å². The Kier molecular flexibility index (Phi) is 2.26. The first-order valence-corrected chi connectivity index (χ1v) is 4.60. The molecule has 2 aromatic rings. The molecule has 0 saturated carbocycles. The van der Waals surface area contributed by atoms with Crippen LogP contribution < -0.4 is 0 Å². The lowest BCUT2D eigenvalue weighted by atomic mass is 10.1. The van der Waals surface area contributed by atoms with Crippen LogP contribution in [0.15, 0.2) is 30.7 Å². The van der Waals surface area contributed by atoms with Gasteiger partial charge in [0.15, 0.2) is 0 Å². The van der Waals surface area contributed by atoms with E-state index in [1.807, 2.05) is 12.1 Å². The zero-order valence-electron chi connectivity index (χ0n) is 8.25. The lowest BCUT2D eigenvalue weighted by Gasteiger charge is -2.09. The van der Waals surface area contributed by atoms with E-state index in [-0.39, 0.29) is 0 Å². The molecule has 0 spiro atoms. The highest BCUT2D eigenvalue weighted by Gasteiger charge is 2.09. The van der Waals surface area contributed by atoms with Gasteiger partial charge in [-0.15, -0.1) is 4.80 Å². The Morgan fingerprint density at radius 3 is 2.50 bits per heavy atom. The van der Waals surface area contributed by atoms with Gasteiger partial charge in [-0.1, -0.05) is 13.8 Å². The van der Waals surface area contributed by atoms with Gasteiger partial charge in [-0.2, -0.15) is 10.2 Å². The van der Waals surface area contributed by atoms with Crippen molar-refractivity contribution >= 4 is 0 Å². The number of nitrogens with zero attached hydrogens (tertiary/aromatic N) is 4. The maximum atomic E-state index is 4.33. The summed E-state index contributed by atoms with van der Waals surface area (Å²) < 4.78 is 0. The Labute approximate surface area is 82.6 Å². The second-order valence-electron chi connectivity index (χ2n) is 3.38. The maximum Gasteiger partial charge on any atom is 0.107 e. The standard InChI is InChI=1S/C10H12N4/c1-8(2)10-9(4-3-5-11-10)14-12-6-7-13-14/h3-8H,1-2H3. The van der Waals surface area contributed by atoms with Gasteiger partial charge >= 0.3 is 0 Å². The normalized spacial score (nSPS) is 10.8. The molecule has 72 valence electrons. The fraction of sp³-hybridized carbons (Fsp3) is 0.300. The number of hydrogen-bond acceptors (Lipinski definition) is 3. The van der Waals surface area contributed by atoms with Gasteiger partial charge in [-0.3, -0.25) is 4.98 Å². The van der Waals surface area contributed by atoms with E-state index in [0.717, 1.165) is 11.4 Å². The summed E-state index contributed by atoms with van der Waals surface area (Å²) in [5, 5.41) is 8.19. The van der Waals surface area contributed by atoms with Crippen molar-refractivity contribution in [3.8, 4) is 5.69 Å². The molecule has 0 bridgehead atoms. The number of aromatic nitrogens is 4. The van der Waals surface area contributed by atoms with Crippen LogP contribution in [0.2, 0.25) is 0 Å². The molecule has 0 N–H and O–H groups in total. The second-order valence-corrected chi connectivity index (χ2v) is 3.38. The van der Waals surface area contributed by atoms with Gasteiger partial charge in [0.2, 0.25) is 0 Å². The molecule has 0 aliphatic rings. The third-order valence-electron chi connectivity index (χ3n) is 2.00. The molecular formula is C10H12N4. The molecule has 14 heavy (non-hydrogen) atoms. The van der Waals surface area contributed by atoms with Gasteiger partial charge < -0.3 is 0 Å². The van der Waals surface area contributed by atoms with Crippen molar-refractivity contribution in [3.63, 3.8) is 0 Å². The number of pyridine rings is 1. The molecule has 0 aromatic carbocycles. The summed E-state index contributed by atoms with van der Waals surface area (Å²) in [6, 6.07) is 3.87. The van der Waals surface area contributed by atoms with Crippen LogP contribution in [0.4, 0.5) is 0 Å². The van der Waals surface area contributed by atoms with E-state index in [2.05, 4.69) is 29.0 Å². The van der Waals surface area contributed by atoms with Gasteiger partial charge in [0, 0.05) is 6.20 Å². The van der Waals surface area contributed by atoms with Crippen molar-refractivity contribution in [1.82, 2.24) is 20.0 Å². The van der Waals surface area contributed by atoms with Crippen molar-refractivity contribution in [3.05, 3.63) is 36.4 Å². The zero-order chi connectivity index (χ0) is 9.97. The Hall–Kier alpha value is -1.71. The molecule has 2 aromatic heterocycles. The fourth-order valence-corrected chi connectivity index (χ4v) is 1.36. The van der Waals surface area contributed by atoms with Crippen LogP contribution in [0.5, 0.6) is 0 Å². The highest BCUT2D eigenvalue weighted by molar-refractivity contribution is 5.35. The van der Waals surface area contributed by atoms with Crippen LogP contribution in [0.25, 0.3) is 5.69 Å². The van der Waals surface area contributed by atoms with Gasteiger partial charge in [-0.05, 0) is 18.1 Å². The molecule has 0 fully saturated rings. The number of hydrogen-bond donors (Lipinski definition) is 0. The predicted molar refractivity (Wildman–Crippen MR) is 53.2 cm³/mol. The summed E-state index contributed by atoms with van der Waals surface area (Å²) in [6.45, 7) is 4.21. The molecule has 0 unspecified atom stereocenters. The van der Waals surface area contributed by atoms with Gasteiger partial charge in [0.1, 0.15) is 5.69 Å². The monoisotopic (exact) mass is 188 g/mol. The first-order chi connectivity index (χ1) is 6.79. The summed E-state index contributed by atoms with van der Waals surface area (Å²) in [7, 11) is 0. The lowest BCUT2D eigenvalue weighted by Crippen LogP contribution is -2.05. The third-order valence-corrected chi connectivity index (χ3v) is 2.00. The summed E-state index contributed by atoms with van der Waals surface area (Å²) >= 11 is 0. The van der Waals surface area contributed by atoms with Gasteiger partial charge in [0.25, 0.3) is 0 Å². The molecule has 4 nitrogen and oxygen atoms in total. The van der Waals surface area contributed by atoms with E-state index < -0.39 is 0 Å². The summed E-state index contributed by atoms with van der Waals surface area (Å²) in [5.41, 5.74) is 1.97.